The number of fused-ring (bicyclic) bond motifs is 2. The van der Waals surface area contributed by atoms with Crippen LogP contribution in [0.2, 0.25) is 0 Å². The Morgan fingerprint density at radius 1 is 0.452 bits per heavy atom. The van der Waals surface area contributed by atoms with Crippen molar-refractivity contribution in [3.05, 3.63) is 109 Å². The maximum Gasteiger partial charge on any atom is 0.248 e. The van der Waals surface area contributed by atoms with E-state index in [4.69, 9.17) is 4.42 Å². The van der Waals surface area contributed by atoms with Crippen LogP contribution in [0, 0.1) is 0 Å². The summed E-state index contributed by atoms with van der Waals surface area (Å²) in [6.45, 7) is 0. The Balaban J connectivity index is 1.45. The Kier molecular flexibility index (Phi) is 4.10. The van der Waals surface area contributed by atoms with E-state index in [0.717, 1.165) is 11.1 Å². The minimum Gasteiger partial charge on any atom is -0.416 e. The fraction of sp³-hybridized carbons (Fsp3) is 0. The maximum absolute atomic E-state index is 5.92. The van der Waals surface area contributed by atoms with Gasteiger partial charge in [0.2, 0.25) is 11.8 Å². The molecule has 3 heteroatoms. The van der Waals surface area contributed by atoms with Crippen LogP contribution in [0.4, 0.5) is 0 Å². The Hall–Kier alpha value is -4.24. The zero-order valence-electron chi connectivity index (χ0n) is 16.7. The van der Waals surface area contributed by atoms with E-state index in [0.29, 0.717) is 11.8 Å². The standard InChI is InChI=1S/C28H18N2O/c1-2-8-20(9-3-1)27-29-30-28(31-27)21-16-14-19(15-17-21)26-24-12-6-4-10-22(24)18-23-11-5-7-13-25(23)26/h1-18H. The molecule has 0 atom stereocenters. The lowest BCUT2D eigenvalue weighted by molar-refractivity contribution is 0.584. The van der Waals surface area contributed by atoms with Crippen LogP contribution in [-0.4, -0.2) is 10.2 Å². The molecule has 0 saturated carbocycles. The van der Waals surface area contributed by atoms with Gasteiger partial charge in [0.15, 0.2) is 0 Å². The molecule has 6 aromatic rings. The lowest BCUT2D eigenvalue weighted by atomic mass is 9.92. The van der Waals surface area contributed by atoms with Gasteiger partial charge < -0.3 is 4.42 Å². The Bertz CT molecular complexity index is 1460. The lowest BCUT2D eigenvalue weighted by Gasteiger charge is -2.12. The molecular weight excluding hydrogens is 380 g/mol. The van der Waals surface area contributed by atoms with Crippen molar-refractivity contribution in [2.75, 3.05) is 0 Å². The highest BCUT2D eigenvalue weighted by Gasteiger charge is 2.13. The number of benzene rings is 5. The van der Waals surface area contributed by atoms with Crippen LogP contribution in [-0.2, 0) is 0 Å². The van der Waals surface area contributed by atoms with Gasteiger partial charge in [-0.15, -0.1) is 10.2 Å². The summed E-state index contributed by atoms with van der Waals surface area (Å²) >= 11 is 0. The number of rotatable bonds is 3. The Labute approximate surface area is 179 Å². The van der Waals surface area contributed by atoms with Gasteiger partial charge in [0.1, 0.15) is 0 Å². The molecule has 0 spiro atoms. The molecular formula is C28H18N2O. The number of aromatic nitrogens is 2. The van der Waals surface area contributed by atoms with E-state index < -0.39 is 0 Å². The molecule has 0 amide bonds. The fourth-order valence-electron chi connectivity index (χ4n) is 4.14. The SMILES string of the molecule is c1ccc(-c2nnc(-c3ccc(-c4c5ccccc5cc5ccccc45)cc3)o2)cc1. The molecule has 0 unspecified atom stereocenters. The molecule has 0 saturated heterocycles. The van der Waals surface area contributed by atoms with Gasteiger partial charge in [0.25, 0.3) is 0 Å². The van der Waals surface area contributed by atoms with Gasteiger partial charge in [-0.1, -0.05) is 78.9 Å². The third-order valence-electron chi connectivity index (χ3n) is 5.64. The Morgan fingerprint density at radius 2 is 0.935 bits per heavy atom. The third kappa shape index (κ3) is 3.08. The largest absolute Gasteiger partial charge is 0.416 e. The molecule has 5 aromatic carbocycles. The second kappa shape index (κ2) is 7.22. The number of hydrogen-bond donors (Lipinski definition) is 0. The summed E-state index contributed by atoms with van der Waals surface area (Å²) in [6, 6.07) is 37.5. The van der Waals surface area contributed by atoms with Crippen LogP contribution in [0.3, 0.4) is 0 Å². The average molecular weight is 398 g/mol. The number of nitrogens with zero attached hydrogens (tertiary/aromatic N) is 2. The van der Waals surface area contributed by atoms with Crippen molar-refractivity contribution in [2.24, 2.45) is 0 Å². The first-order valence-corrected chi connectivity index (χ1v) is 10.3. The average Bonchev–Trinajstić information content (AvgIpc) is 3.34. The van der Waals surface area contributed by atoms with E-state index in [2.05, 4.69) is 76.9 Å². The molecule has 3 nitrogen and oxygen atoms in total. The quantitative estimate of drug-likeness (QED) is 0.292. The van der Waals surface area contributed by atoms with E-state index in [-0.39, 0.29) is 0 Å². The first-order valence-electron chi connectivity index (χ1n) is 10.3. The molecule has 0 radical (unpaired) electrons. The highest BCUT2D eigenvalue weighted by atomic mass is 16.4. The van der Waals surface area contributed by atoms with Gasteiger partial charge in [-0.3, -0.25) is 0 Å². The summed E-state index contributed by atoms with van der Waals surface area (Å²) < 4.78 is 5.92. The molecule has 0 aliphatic carbocycles. The van der Waals surface area contributed by atoms with Crippen LogP contribution in [0.25, 0.3) is 55.6 Å². The Morgan fingerprint density at radius 3 is 1.55 bits per heavy atom. The van der Waals surface area contributed by atoms with Crippen LogP contribution >= 0.6 is 0 Å². The molecule has 6 rings (SSSR count). The van der Waals surface area contributed by atoms with Crippen molar-refractivity contribution in [1.82, 2.24) is 10.2 Å². The normalized spacial score (nSPS) is 11.2. The molecule has 146 valence electrons. The molecule has 0 fully saturated rings. The van der Waals surface area contributed by atoms with E-state index in [1.807, 2.05) is 42.5 Å². The van der Waals surface area contributed by atoms with Gasteiger partial charge in [0, 0.05) is 11.1 Å². The van der Waals surface area contributed by atoms with Crippen LogP contribution in [0.1, 0.15) is 0 Å². The minimum atomic E-state index is 0.521. The lowest BCUT2D eigenvalue weighted by Crippen LogP contribution is -1.86. The molecule has 0 aliphatic rings. The van der Waals surface area contributed by atoms with E-state index in [9.17, 15) is 0 Å². The van der Waals surface area contributed by atoms with E-state index in [1.165, 1.54) is 32.7 Å². The van der Waals surface area contributed by atoms with Crippen molar-refractivity contribution in [1.29, 1.82) is 0 Å². The maximum atomic E-state index is 5.92. The second-order valence-corrected chi connectivity index (χ2v) is 7.55. The van der Waals surface area contributed by atoms with Crippen molar-refractivity contribution < 1.29 is 4.42 Å². The summed E-state index contributed by atoms with van der Waals surface area (Å²) in [4.78, 5) is 0. The van der Waals surface area contributed by atoms with Gasteiger partial charge in [0.05, 0.1) is 0 Å². The van der Waals surface area contributed by atoms with Crippen molar-refractivity contribution in [3.8, 4) is 34.0 Å². The predicted molar refractivity (Wildman–Crippen MR) is 126 cm³/mol. The van der Waals surface area contributed by atoms with Gasteiger partial charge in [-0.2, -0.15) is 0 Å². The van der Waals surface area contributed by atoms with Crippen LogP contribution in [0.5, 0.6) is 0 Å². The fourth-order valence-corrected chi connectivity index (χ4v) is 4.14. The molecule has 0 bridgehead atoms. The zero-order chi connectivity index (χ0) is 20.6. The van der Waals surface area contributed by atoms with Gasteiger partial charge in [-0.25, -0.2) is 0 Å². The summed E-state index contributed by atoms with van der Waals surface area (Å²) in [7, 11) is 0. The summed E-state index contributed by atoms with van der Waals surface area (Å²) in [6.07, 6.45) is 0. The number of hydrogen-bond acceptors (Lipinski definition) is 3. The van der Waals surface area contributed by atoms with Crippen molar-refractivity contribution >= 4 is 21.5 Å². The van der Waals surface area contributed by atoms with Crippen LogP contribution < -0.4 is 0 Å². The molecule has 31 heavy (non-hydrogen) atoms. The third-order valence-corrected chi connectivity index (χ3v) is 5.64. The molecule has 0 aliphatic heterocycles. The topological polar surface area (TPSA) is 38.9 Å². The highest BCUT2D eigenvalue weighted by Crippen LogP contribution is 2.37. The summed E-state index contributed by atoms with van der Waals surface area (Å²) in [5.41, 5.74) is 4.23. The van der Waals surface area contributed by atoms with Gasteiger partial charge >= 0.3 is 0 Å². The van der Waals surface area contributed by atoms with Crippen molar-refractivity contribution in [2.45, 2.75) is 0 Å². The summed E-state index contributed by atoms with van der Waals surface area (Å²) in [5.74, 6) is 1.05. The zero-order valence-corrected chi connectivity index (χ0v) is 16.7. The van der Waals surface area contributed by atoms with Crippen molar-refractivity contribution in [3.63, 3.8) is 0 Å². The molecule has 1 aromatic heterocycles. The monoisotopic (exact) mass is 398 g/mol. The molecule has 0 N–H and O–H groups in total. The second-order valence-electron chi connectivity index (χ2n) is 7.55. The van der Waals surface area contributed by atoms with Crippen LogP contribution in [0.15, 0.2) is 114 Å². The minimum absolute atomic E-state index is 0.521. The first-order chi connectivity index (χ1) is 15.4. The highest BCUT2D eigenvalue weighted by molar-refractivity contribution is 6.12. The summed E-state index contributed by atoms with van der Waals surface area (Å²) in [5, 5.41) is 13.4. The molecule has 1 heterocycles. The van der Waals surface area contributed by atoms with E-state index >= 15 is 0 Å². The van der Waals surface area contributed by atoms with Gasteiger partial charge in [-0.05, 0) is 63.0 Å². The van der Waals surface area contributed by atoms with E-state index in [1.54, 1.807) is 0 Å². The smallest absolute Gasteiger partial charge is 0.248 e. The first kappa shape index (κ1) is 17.6. The predicted octanol–water partition coefficient (Wildman–Crippen LogP) is 7.38.